The second-order valence-corrected chi connectivity index (χ2v) is 8.01. The molecule has 1 unspecified atom stereocenters. The van der Waals surface area contributed by atoms with Crippen molar-refractivity contribution < 1.29 is 14.4 Å². The fraction of sp³-hybridized carbons (Fsp3) is 0.571. The highest BCUT2D eigenvalue weighted by molar-refractivity contribution is 6.09. The van der Waals surface area contributed by atoms with Crippen LogP contribution in [0, 0.1) is 0 Å². The lowest BCUT2D eigenvalue weighted by atomic mass is 9.98. The summed E-state index contributed by atoms with van der Waals surface area (Å²) in [7, 11) is 0. The van der Waals surface area contributed by atoms with Crippen molar-refractivity contribution >= 4 is 30.3 Å². The molecule has 2 saturated heterocycles. The Morgan fingerprint density at radius 2 is 1.86 bits per heavy atom. The molecule has 1 atom stereocenters. The molecule has 3 fully saturated rings. The van der Waals surface area contributed by atoms with Crippen molar-refractivity contribution in [2.24, 2.45) is 0 Å². The molecule has 2 heterocycles. The van der Waals surface area contributed by atoms with Crippen LogP contribution in [0.1, 0.15) is 49.8 Å². The van der Waals surface area contributed by atoms with Crippen molar-refractivity contribution in [2.45, 2.75) is 50.6 Å². The molecule has 4 amide bonds. The number of carbonyl (C=O) groups excluding carboxylic acids is 3. The molecule has 158 valence electrons. The van der Waals surface area contributed by atoms with Crippen LogP contribution in [0.25, 0.3) is 0 Å². The zero-order valence-electron chi connectivity index (χ0n) is 16.8. The van der Waals surface area contributed by atoms with E-state index in [4.69, 9.17) is 0 Å². The number of rotatable bonds is 4. The van der Waals surface area contributed by atoms with Gasteiger partial charge < -0.3 is 15.5 Å². The quantitative estimate of drug-likeness (QED) is 0.730. The second kappa shape index (κ2) is 8.71. The summed E-state index contributed by atoms with van der Waals surface area (Å²) in [6.45, 7) is 3.87. The number of hydrogen-bond donors (Lipinski definition) is 2. The molecule has 1 spiro atoms. The van der Waals surface area contributed by atoms with E-state index < -0.39 is 11.6 Å². The van der Waals surface area contributed by atoms with Gasteiger partial charge in [0.2, 0.25) is 5.91 Å². The Morgan fingerprint density at radius 3 is 2.52 bits per heavy atom. The molecule has 0 aromatic heterocycles. The van der Waals surface area contributed by atoms with Crippen LogP contribution in [0.15, 0.2) is 24.3 Å². The number of carbonyl (C=O) groups is 3. The van der Waals surface area contributed by atoms with Gasteiger partial charge in [-0.05, 0) is 30.4 Å². The highest BCUT2D eigenvalue weighted by Crippen LogP contribution is 2.35. The molecule has 1 aromatic rings. The molecule has 8 heteroatoms. The average Bonchev–Trinajstić information content (AvgIpc) is 3.28. The fourth-order valence-corrected chi connectivity index (χ4v) is 4.64. The lowest BCUT2D eigenvalue weighted by Gasteiger charge is -2.37. The van der Waals surface area contributed by atoms with Gasteiger partial charge in [0.25, 0.3) is 5.91 Å². The lowest BCUT2D eigenvalue weighted by molar-refractivity contribution is -0.140. The number of halogens is 1. The van der Waals surface area contributed by atoms with Crippen molar-refractivity contribution in [2.75, 3.05) is 26.2 Å². The molecule has 1 aromatic carbocycles. The molecule has 0 radical (unpaired) electrons. The third-order valence-corrected chi connectivity index (χ3v) is 6.33. The van der Waals surface area contributed by atoms with Crippen molar-refractivity contribution in [3.05, 3.63) is 35.4 Å². The summed E-state index contributed by atoms with van der Waals surface area (Å²) in [5, 5.41) is 6.19. The van der Waals surface area contributed by atoms with Crippen LogP contribution in [0.2, 0.25) is 0 Å². The number of aryl methyl sites for hydroxylation is 1. The van der Waals surface area contributed by atoms with Gasteiger partial charge in [0, 0.05) is 19.6 Å². The molecule has 29 heavy (non-hydrogen) atoms. The van der Waals surface area contributed by atoms with Gasteiger partial charge in [-0.3, -0.25) is 14.5 Å². The molecule has 0 bridgehead atoms. The first-order valence-electron chi connectivity index (χ1n) is 10.3. The van der Waals surface area contributed by atoms with Crippen LogP contribution in [0.4, 0.5) is 4.79 Å². The number of benzene rings is 1. The van der Waals surface area contributed by atoms with E-state index in [9.17, 15) is 14.4 Å². The van der Waals surface area contributed by atoms with Gasteiger partial charge in [-0.2, -0.15) is 0 Å². The molecular formula is C21H29ClN4O3. The maximum Gasteiger partial charge on any atom is 0.325 e. The maximum absolute atomic E-state index is 13.1. The number of nitrogens with zero attached hydrogens (tertiary/aromatic N) is 2. The number of urea groups is 1. The summed E-state index contributed by atoms with van der Waals surface area (Å²) < 4.78 is 0. The van der Waals surface area contributed by atoms with Crippen LogP contribution in [0.3, 0.4) is 0 Å². The van der Waals surface area contributed by atoms with Gasteiger partial charge in [-0.1, -0.05) is 44.0 Å². The zero-order valence-corrected chi connectivity index (χ0v) is 17.6. The Balaban J connectivity index is 0.00000240. The Morgan fingerprint density at radius 1 is 1.17 bits per heavy atom. The smallest absolute Gasteiger partial charge is 0.325 e. The van der Waals surface area contributed by atoms with Gasteiger partial charge in [-0.15, -0.1) is 12.4 Å². The molecule has 4 rings (SSSR count). The number of piperazine rings is 1. The van der Waals surface area contributed by atoms with E-state index in [1.54, 1.807) is 4.90 Å². The zero-order chi connectivity index (χ0) is 19.7. The van der Waals surface area contributed by atoms with E-state index in [1.807, 2.05) is 0 Å². The number of hydrogen-bond acceptors (Lipinski definition) is 4. The third kappa shape index (κ3) is 3.98. The Labute approximate surface area is 177 Å². The highest BCUT2D eigenvalue weighted by Gasteiger charge is 2.53. The van der Waals surface area contributed by atoms with Crippen LogP contribution in [-0.4, -0.2) is 59.4 Å². The van der Waals surface area contributed by atoms with E-state index in [0.717, 1.165) is 29.7 Å². The van der Waals surface area contributed by atoms with Crippen molar-refractivity contribution in [3.8, 4) is 0 Å². The first-order valence-corrected chi connectivity index (χ1v) is 10.3. The summed E-state index contributed by atoms with van der Waals surface area (Å²) >= 11 is 0. The molecule has 7 nitrogen and oxygen atoms in total. The first-order chi connectivity index (χ1) is 13.5. The summed E-state index contributed by atoms with van der Waals surface area (Å²) in [6, 6.07) is 7.80. The minimum Gasteiger partial charge on any atom is -0.332 e. The molecule has 1 saturated carbocycles. The van der Waals surface area contributed by atoms with Gasteiger partial charge in [0.1, 0.15) is 12.1 Å². The fourth-order valence-electron chi connectivity index (χ4n) is 4.64. The van der Waals surface area contributed by atoms with E-state index in [0.29, 0.717) is 32.5 Å². The summed E-state index contributed by atoms with van der Waals surface area (Å²) in [5.74, 6) is -0.410. The van der Waals surface area contributed by atoms with Crippen molar-refractivity contribution in [1.82, 2.24) is 20.4 Å². The van der Waals surface area contributed by atoms with E-state index in [2.05, 4.69) is 41.8 Å². The molecule has 2 N–H and O–H groups in total. The van der Waals surface area contributed by atoms with E-state index >= 15 is 0 Å². The largest absolute Gasteiger partial charge is 0.332 e. The topological polar surface area (TPSA) is 81.8 Å². The van der Waals surface area contributed by atoms with Gasteiger partial charge in [-0.25, -0.2) is 4.79 Å². The Kier molecular flexibility index (Phi) is 6.49. The standard InChI is InChI=1S/C21H28N4O3.ClH/c1-2-15-5-7-16(8-6-15)17-13-22-11-12-24(17)18(26)14-25-19(27)21(23-20(25)28)9-3-4-10-21;/h5-8,17,22H,2-4,9-14H2,1H3,(H,23,28);1H. The predicted molar refractivity (Wildman–Crippen MR) is 112 cm³/mol. The second-order valence-electron chi connectivity index (χ2n) is 8.01. The highest BCUT2D eigenvalue weighted by atomic mass is 35.5. The molecule has 3 aliphatic rings. The SMILES string of the molecule is CCc1ccc(C2CNCCN2C(=O)CN2C(=O)NC3(CCCC3)C2=O)cc1.Cl. The van der Waals surface area contributed by atoms with Crippen molar-refractivity contribution in [3.63, 3.8) is 0 Å². The van der Waals surface area contributed by atoms with Crippen LogP contribution in [-0.2, 0) is 16.0 Å². The minimum absolute atomic E-state index is 0. The summed E-state index contributed by atoms with van der Waals surface area (Å²) in [6.07, 6.45) is 4.17. The van der Waals surface area contributed by atoms with Gasteiger partial charge >= 0.3 is 6.03 Å². The number of amides is 4. The predicted octanol–water partition coefficient (Wildman–Crippen LogP) is 2.01. The van der Waals surface area contributed by atoms with Crippen LogP contribution < -0.4 is 10.6 Å². The average molecular weight is 421 g/mol. The number of nitrogens with one attached hydrogen (secondary N) is 2. The van der Waals surface area contributed by atoms with Crippen molar-refractivity contribution in [1.29, 1.82) is 0 Å². The monoisotopic (exact) mass is 420 g/mol. The summed E-state index contributed by atoms with van der Waals surface area (Å²) in [4.78, 5) is 41.2. The first kappa shape index (κ1) is 21.6. The Hall–Kier alpha value is -2.12. The van der Waals surface area contributed by atoms with E-state index in [1.165, 1.54) is 5.56 Å². The molecule has 1 aliphatic carbocycles. The van der Waals surface area contributed by atoms with Crippen LogP contribution in [0.5, 0.6) is 0 Å². The minimum atomic E-state index is -0.768. The maximum atomic E-state index is 13.1. The third-order valence-electron chi connectivity index (χ3n) is 6.33. The van der Waals surface area contributed by atoms with Gasteiger partial charge in [0.05, 0.1) is 6.04 Å². The Bertz CT molecular complexity index is 777. The van der Waals surface area contributed by atoms with Crippen LogP contribution >= 0.6 is 12.4 Å². The van der Waals surface area contributed by atoms with Gasteiger partial charge in [0.15, 0.2) is 0 Å². The number of imide groups is 1. The lowest BCUT2D eigenvalue weighted by Crippen LogP contribution is -2.52. The summed E-state index contributed by atoms with van der Waals surface area (Å²) in [5.41, 5.74) is 1.56. The molecule has 2 aliphatic heterocycles. The normalized spacial score (nSPS) is 23.3. The van der Waals surface area contributed by atoms with E-state index in [-0.39, 0.29) is 36.8 Å². The molecular weight excluding hydrogens is 392 g/mol.